The Morgan fingerprint density at radius 2 is 1.51 bits per heavy atom. The van der Waals surface area contributed by atoms with Crippen LogP contribution in [-0.4, -0.2) is 16.8 Å². The van der Waals surface area contributed by atoms with Crippen molar-refractivity contribution in [2.24, 2.45) is 0 Å². The summed E-state index contributed by atoms with van der Waals surface area (Å²) < 4.78 is 6.92. The van der Waals surface area contributed by atoms with Crippen LogP contribution in [0.1, 0.15) is 28.3 Å². The summed E-state index contributed by atoms with van der Waals surface area (Å²) in [5.74, 6) is -0.425. The van der Waals surface area contributed by atoms with Gasteiger partial charge < -0.3 is 9.84 Å². The van der Waals surface area contributed by atoms with Crippen molar-refractivity contribution in [2.75, 3.05) is 4.90 Å². The molecule has 1 heterocycles. The number of aliphatic hydroxyl groups is 1. The molecule has 0 aromatic heterocycles. The highest BCUT2D eigenvalue weighted by Gasteiger charge is 2.47. The average Bonchev–Trinajstić information content (AvgIpc) is 3.16. The standard InChI is InChI=1S/C31H24BrNO4/c1-19-9-6-7-14-26(19)33-28(21-10-8-13-24(18-21)37-23-11-4-3-5-12-23)27(30(35)31(33)36)29(34)22-15-16-25(32)20(2)17-22/h3-18,28,34H,1-2H3/b29-27-. The molecule has 1 N–H and O–H groups in total. The minimum Gasteiger partial charge on any atom is -0.507 e. The zero-order valence-corrected chi connectivity index (χ0v) is 21.9. The first kappa shape index (κ1) is 24.5. The van der Waals surface area contributed by atoms with Gasteiger partial charge in [0.1, 0.15) is 17.3 Å². The summed E-state index contributed by atoms with van der Waals surface area (Å²) in [6.07, 6.45) is 0. The number of para-hydroxylation sites is 2. The van der Waals surface area contributed by atoms with E-state index in [2.05, 4.69) is 15.9 Å². The SMILES string of the molecule is Cc1cc(/C(O)=C2/C(=O)C(=O)N(c3ccccc3C)C2c2cccc(Oc3ccccc3)c2)ccc1Br. The third-order valence-electron chi connectivity index (χ3n) is 6.40. The lowest BCUT2D eigenvalue weighted by atomic mass is 9.94. The molecule has 1 saturated heterocycles. The zero-order valence-electron chi connectivity index (χ0n) is 20.3. The average molecular weight is 554 g/mol. The number of Topliss-reactive ketones (excluding diaryl/α,β-unsaturated/α-hetero) is 1. The Hall–Kier alpha value is -4.16. The molecule has 0 saturated carbocycles. The zero-order chi connectivity index (χ0) is 26.1. The number of ketones is 1. The minimum atomic E-state index is -0.843. The predicted molar refractivity (Wildman–Crippen MR) is 148 cm³/mol. The van der Waals surface area contributed by atoms with Crippen LogP contribution in [0.25, 0.3) is 5.76 Å². The fourth-order valence-corrected chi connectivity index (χ4v) is 4.80. The molecule has 37 heavy (non-hydrogen) atoms. The van der Waals surface area contributed by atoms with Crippen LogP contribution in [0.3, 0.4) is 0 Å². The van der Waals surface area contributed by atoms with E-state index in [-0.39, 0.29) is 11.3 Å². The second kappa shape index (κ2) is 10.1. The number of hydrogen-bond donors (Lipinski definition) is 1. The number of anilines is 1. The number of hydrogen-bond acceptors (Lipinski definition) is 4. The van der Waals surface area contributed by atoms with Gasteiger partial charge in [0.2, 0.25) is 0 Å². The number of halogens is 1. The van der Waals surface area contributed by atoms with Crippen molar-refractivity contribution in [2.45, 2.75) is 19.9 Å². The lowest BCUT2D eigenvalue weighted by molar-refractivity contribution is -0.132. The second-order valence-electron chi connectivity index (χ2n) is 8.91. The molecule has 0 aliphatic carbocycles. The first-order valence-electron chi connectivity index (χ1n) is 11.8. The Morgan fingerprint density at radius 3 is 2.24 bits per heavy atom. The van der Waals surface area contributed by atoms with Gasteiger partial charge in [0.05, 0.1) is 11.6 Å². The molecule has 5 rings (SSSR count). The van der Waals surface area contributed by atoms with E-state index in [0.717, 1.165) is 15.6 Å². The van der Waals surface area contributed by atoms with E-state index in [1.165, 1.54) is 4.90 Å². The third-order valence-corrected chi connectivity index (χ3v) is 7.29. The molecule has 5 nitrogen and oxygen atoms in total. The summed E-state index contributed by atoms with van der Waals surface area (Å²) in [6, 6.07) is 28.5. The van der Waals surface area contributed by atoms with Crippen molar-refractivity contribution in [1.82, 2.24) is 0 Å². The van der Waals surface area contributed by atoms with Crippen molar-refractivity contribution in [3.8, 4) is 11.5 Å². The Morgan fingerprint density at radius 1 is 0.811 bits per heavy atom. The van der Waals surface area contributed by atoms with Crippen LogP contribution < -0.4 is 9.64 Å². The minimum absolute atomic E-state index is 0.0341. The normalized spacial score (nSPS) is 16.7. The van der Waals surface area contributed by atoms with Crippen LogP contribution in [-0.2, 0) is 9.59 Å². The number of carbonyl (C=O) groups excluding carboxylic acids is 2. The van der Waals surface area contributed by atoms with E-state index in [9.17, 15) is 14.7 Å². The third kappa shape index (κ3) is 4.68. The summed E-state index contributed by atoms with van der Waals surface area (Å²) in [6.45, 7) is 3.79. The van der Waals surface area contributed by atoms with Crippen molar-refractivity contribution in [1.29, 1.82) is 0 Å². The highest BCUT2D eigenvalue weighted by molar-refractivity contribution is 9.10. The summed E-state index contributed by atoms with van der Waals surface area (Å²) in [5.41, 5.74) is 3.48. The van der Waals surface area contributed by atoms with Crippen LogP contribution in [0.2, 0.25) is 0 Å². The van der Waals surface area contributed by atoms with Gasteiger partial charge in [-0.25, -0.2) is 0 Å². The lowest BCUT2D eigenvalue weighted by Crippen LogP contribution is -2.30. The molecule has 184 valence electrons. The van der Waals surface area contributed by atoms with Gasteiger partial charge in [-0.3, -0.25) is 14.5 Å². The van der Waals surface area contributed by atoms with Gasteiger partial charge in [0.25, 0.3) is 11.7 Å². The molecule has 4 aromatic rings. The number of ether oxygens (including phenoxy) is 1. The number of carbonyl (C=O) groups is 2. The predicted octanol–water partition coefficient (Wildman–Crippen LogP) is 7.48. The maximum atomic E-state index is 13.5. The maximum absolute atomic E-state index is 13.5. The maximum Gasteiger partial charge on any atom is 0.300 e. The molecule has 1 aliphatic heterocycles. The fourth-order valence-electron chi connectivity index (χ4n) is 4.55. The first-order valence-corrected chi connectivity index (χ1v) is 12.6. The van der Waals surface area contributed by atoms with Crippen molar-refractivity contribution < 1.29 is 19.4 Å². The van der Waals surface area contributed by atoms with Crippen molar-refractivity contribution in [3.63, 3.8) is 0 Å². The molecule has 1 atom stereocenters. The molecule has 0 radical (unpaired) electrons. The number of aliphatic hydroxyl groups excluding tert-OH is 1. The Bertz CT molecular complexity index is 1540. The second-order valence-corrected chi connectivity index (χ2v) is 9.76. The molecule has 1 fully saturated rings. The summed E-state index contributed by atoms with van der Waals surface area (Å²) >= 11 is 3.47. The molecule has 1 unspecified atom stereocenters. The Kier molecular flexibility index (Phi) is 6.68. The largest absolute Gasteiger partial charge is 0.507 e. The van der Waals surface area contributed by atoms with Crippen LogP contribution in [0.5, 0.6) is 11.5 Å². The highest BCUT2D eigenvalue weighted by atomic mass is 79.9. The van der Waals surface area contributed by atoms with Gasteiger partial charge in [-0.15, -0.1) is 0 Å². The van der Waals surface area contributed by atoms with Gasteiger partial charge in [0.15, 0.2) is 0 Å². The molecular weight excluding hydrogens is 530 g/mol. The van der Waals surface area contributed by atoms with Gasteiger partial charge in [-0.2, -0.15) is 0 Å². The molecule has 1 aliphatic rings. The van der Waals surface area contributed by atoms with E-state index in [1.807, 2.05) is 92.7 Å². The van der Waals surface area contributed by atoms with Gasteiger partial charge in [0, 0.05) is 15.7 Å². The van der Waals surface area contributed by atoms with Crippen molar-refractivity contribution >= 4 is 39.1 Å². The number of aryl methyl sites for hydroxylation is 2. The van der Waals surface area contributed by atoms with E-state index in [4.69, 9.17) is 4.74 Å². The van der Waals surface area contributed by atoms with E-state index >= 15 is 0 Å². The summed E-state index contributed by atoms with van der Waals surface area (Å²) in [7, 11) is 0. The number of benzene rings is 4. The van der Waals surface area contributed by atoms with Crippen molar-refractivity contribution in [3.05, 3.63) is 129 Å². The van der Waals surface area contributed by atoms with E-state index in [0.29, 0.717) is 28.3 Å². The Labute approximate surface area is 223 Å². The number of rotatable bonds is 5. The fraction of sp³-hybridized carbons (Fsp3) is 0.0968. The van der Waals surface area contributed by atoms with Gasteiger partial charge in [-0.1, -0.05) is 70.5 Å². The summed E-state index contributed by atoms with van der Waals surface area (Å²) in [4.78, 5) is 28.4. The van der Waals surface area contributed by atoms with Gasteiger partial charge >= 0.3 is 0 Å². The number of nitrogens with zero attached hydrogens (tertiary/aromatic N) is 1. The molecule has 4 aromatic carbocycles. The Balaban J connectivity index is 1.69. The first-order chi connectivity index (χ1) is 17.8. The molecule has 0 bridgehead atoms. The smallest absolute Gasteiger partial charge is 0.300 e. The monoisotopic (exact) mass is 553 g/mol. The summed E-state index contributed by atoms with van der Waals surface area (Å²) in [5, 5.41) is 11.4. The van der Waals surface area contributed by atoms with E-state index in [1.54, 1.807) is 18.2 Å². The van der Waals surface area contributed by atoms with E-state index < -0.39 is 17.7 Å². The molecular formula is C31H24BrNO4. The van der Waals surface area contributed by atoms with Crippen LogP contribution in [0, 0.1) is 13.8 Å². The molecule has 1 amide bonds. The topological polar surface area (TPSA) is 66.8 Å². The quantitative estimate of drug-likeness (QED) is 0.158. The molecule has 6 heteroatoms. The van der Waals surface area contributed by atoms with Crippen LogP contribution >= 0.6 is 15.9 Å². The van der Waals surface area contributed by atoms with Crippen LogP contribution in [0.15, 0.2) is 107 Å². The number of amides is 1. The van der Waals surface area contributed by atoms with Gasteiger partial charge in [-0.05, 0) is 73.0 Å². The highest BCUT2D eigenvalue weighted by Crippen LogP contribution is 2.44. The molecule has 0 spiro atoms. The van der Waals surface area contributed by atoms with Crippen LogP contribution in [0.4, 0.5) is 5.69 Å². The lowest BCUT2D eigenvalue weighted by Gasteiger charge is -2.27.